The van der Waals surface area contributed by atoms with E-state index in [1.165, 1.54) is 11.1 Å². The molecule has 3 heteroatoms. The Kier molecular flexibility index (Phi) is 4.01. The molecule has 0 fully saturated rings. The number of benzene rings is 2. The molecule has 0 N–H and O–H groups in total. The van der Waals surface area contributed by atoms with Crippen molar-refractivity contribution in [3.63, 3.8) is 0 Å². The summed E-state index contributed by atoms with van der Waals surface area (Å²) in [5.41, 5.74) is 2.49. The first kappa shape index (κ1) is 13.4. The molecular weight excluding hydrogens is 260 g/mol. The molecule has 1 heterocycles. The van der Waals surface area contributed by atoms with Crippen molar-refractivity contribution in [2.24, 2.45) is 0 Å². The number of ether oxygens (including phenoxy) is 1. The summed E-state index contributed by atoms with van der Waals surface area (Å²) in [5, 5.41) is 0. The van der Waals surface area contributed by atoms with Gasteiger partial charge in [0.05, 0.1) is 0 Å². The third kappa shape index (κ3) is 3.51. The van der Waals surface area contributed by atoms with Gasteiger partial charge < -0.3 is 9.30 Å². The highest BCUT2D eigenvalue weighted by atomic mass is 16.5. The van der Waals surface area contributed by atoms with E-state index in [9.17, 15) is 0 Å². The highest BCUT2D eigenvalue weighted by Gasteiger charge is 2.04. The Labute approximate surface area is 124 Å². The smallest absolute Gasteiger partial charge is 0.147 e. The van der Waals surface area contributed by atoms with Crippen LogP contribution in [0.25, 0.3) is 0 Å². The van der Waals surface area contributed by atoms with Crippen LogP contribution in [-0.4, -0.2) is 9.55 Å². The summed E-state index contributed by atoms with van der Waals surface area (Å²) >= 11 is 0. The predicted octanol–water partition coefficient (Wildman–Crippen LogP) is 3.82. The van der Waals surface area contributed by atoms with E-state index < -0.39 is 0 Å². The Balaban J connectivity index is 1.66. The zero-order valence-corrected chi connectivity index (χ0v) is 12.1. The Morgan fingerprint density at radius 3 is 2.52 bits per heavy atom. The lowest BCUT2D eigenvalue weighted by Crippen LogP contribution is -2.07. The Morgan fingerprint density at radius 1 is 1.00 bits per heavy atom. The van der Waals surface area contributed by atoms with Crippen molar-refractivity contribution in [3.8, 4) is 5.75 Å². The standard InChI is InChI=1S/C18H18N2O/c1-15-7-9-17(10-8-15)21-14-18-19-11-12-20(18)13-16-5-3-2-4-6-16/h2-12H,13-14H2,1H3. The van der Waals surface area contributed by atoms with E-state index in [0.717, 1.165) is 18.1 Å². The van der Waals surface area contributed by atoms with Crippen LogP contribution in [0.3, 0.4) is 0 Å². The molecular formula is C18H18N2O. The van der Waals surface area contributed by atoms with Crippen LogP contribution in [0, 0.1) is 6.92 Å². The summed E-state index contributed by atoms with van der Waals surface area (Å²) in [4.78, 5) is 4.38. The van der Waals surface area contributed by atoms with Crippen molar-refractivity contribution in [1.82, 2.24) is 9.55 Å². The molecule has 3 rings (SSSR count). The van der Waals surface area contributed by atoms with Crippen molar-refractivity contribution in [3.05, 3.63) is 83.9 Å². The van der Waals surface area contributed by atoms with E-state index in [-0.39, 0.29) is 0 Å². The van der Waals surface area contributed by atoms with E-state index in [4.69, 9.17) is 4.74 Å². The van der Waals surface area contributed by atoms with Gasteiger partial charge >= 0.3 is 0 Å². The third-order valence-corrected chi connectivity index (χ3v) is 3.39. The summed E-state index contributed by atoms with van der Waals surface area (Å²) in [6, 6.07) is 18.4. The van der Waals surface area contributed by atoms with Crippen LogP contribution in [0.4, 0.5) is 0 Å². The first-order chi connectivity index (χ1) is 10.3. The van der Waals surface area contributed by atoms with Crippen LogP contribution < -0.4 is 4.74 Å². The minimum atomic E-state index is 0.475. The SMILES string of the molecule is Cc1ccc(OCc2nccn2Cc2ccccc2)cc1. The maximum atomic E-state index is 5.80. The Bertz CT molecular complexity index is 687. The van der Waals surface area contributed by atoms with E-state index in [0.29, 0.717) is 6.61 Å². The lowest BCUT2D eigenvalue weighted by molar-refractivity contribution is 0.290. The van der Waals surface area contributed by atoms with E-state index in [1.54, 1.807) is 0 Å². The summed E-state index contributed by atoms with van der Waals surface area (Å²) in [6.07, 6.45) is 3.80. The molecule has 0 saturated heterocycles. The molecule has 1 aromatic heterocycles. The van der Waals surface area contributed by atoms with Crippen molar-refractivity contribution in [2.75, 3.05) is 0 Å². The first-order valence-corrected chi connectivity index (χ1v) is 7.05. The number of imidazole rings is 1. The highest BCUT2D eigenvalue weighted by Crippen LogP contribution is 2.14. The van der Waals surface area contributed by atoms with Crippen molar-refractivity contribution in [2.45, 2.75) is 20.1 Å². The minimum absolute atomic E-state index is 0.475. The summed E-state index contributed by atoms with van der Waals surface area (Å²) in [5.74, 6) is 1.80. The van der Waals surface area contributed by atoms with Crippen LogP contribution in [0.1, 0.15) is 17.0 Å². The van der Waals surface area contributed by atoms with Gasteiger partial charge in [0.15, 0.2) is 0 Å². The summed E-state index contributed by atoms with van der Waals surface area (Å²) in [6.45, 7) is 3.35. The van der Waals surface area contributed by atoms with Crippen molar-refractivity contribution < 1.29 is 4.74 Å². The van der Waals surface area contributed by atoms with Gasteiger partial charge in [0.1, 0.15) is 18.2 Å². The maximum absolute atomic E-state index is 5.80. The summed E-state index contributed by atoms with van der Waals surface area (Å²) in [7, 11) is 0. The zero-order chi connectivity index (χ0) is 14.5. The van der Waals surface area contributed by atoms with Crippen LogP contribution in [0.5, 0.6) is 5.75 Å². The highest BCUT2D eigenvalue weighted by molar-refractivity contribution is 5.26. The molecule has 2 aromatic carbocycles. The van der Waals surface area contributed by atoms with Gasteiger partial charge in [0.25, 0.3) is 0 Å². The van der Waals surface area contributed by atoms with Gasteiger partial charge in [-0.1, -0.05) is 48.0 Å². The van der Waals surface area contributed by atoms with Gasteiger partial charge in [-0.2, -0.15) is 0 Å². The molecule has 0 aliphatic rings. The van der Waals surface area contributed by atoms with Crippen LogP contribution >= 0.6 is 0 Å². The molecule has 21 heavy (non-hydrogen) atoms. The molecule has 0 bridgehead atoms. The van der Waals surface area contributed by atoms with Crippen molar-refractivity contribution in [1.29, 1.82) is 0 Å². The maximum Gasteiger partial charge on any atom is 0.147 e. The number of aromatic nitrogens is 2. The molecule has 0 saturated carbocycles. The molecule has 0 amide bonds. The minimum Gasteiger partial charge on any atom is -0.486 e. The van der Waals surface area contributed by atoms with Gasteiger partial charge in [-0.15, -0.1) is 0 Å². The first-order valence-electron chi connectivity index (χ1n) is 7.05. The number of rotatable bonds is 5. The second-order valence-electron chi connectivity index (χ2n) is 5.06. The Morgan fingerprint density at radius 2 is 1.76 bits per heavy atom. The number of hydrogen-bond donors (Lipinski definition) is 0. The fourth-order valence-corrected chi connectivity index (χ4v) is 2.19. The molecule has 0 aliphatic carbocycles. The average Bonchev–Trinajstić information content (AvgIpc) is 2.95. The topological polar surface area (TPSA) is 27.1 Å². The van der Waals surface area contributed by atoms with Gasteiger partial charge in [0.2, 0.25) is 0 Å². The van der Waals surface area contributed by atoms with E-state index in [1.807, 2.05) is 42.7 Å². The predicted molar refractivity (Wildman–Crippen MR) is 83.3 cm³/mol. The number of hydrogen-bond acceptors (Lipinski definition) is 2. The van der Waals surface area contributed by atoms with E-state index in [2.05, 4.69) is 40.7 Å². The van der Waals surface area contributed by atoms with Gasteiger partial charge in [-0.05, 0) is 24.6 Å². The lowest BCUT2D eigenvalue weighted by atomic mass is 10.2. The van der Waals surface area contributed by atoms with E-state index >= 15 is 0 Å². The number of nitrogens with zero attached hydrogens (tertiary/aromatic N) is 2. The monoisotopic (exact) mass is 278 g/mol. The molecule has 106 valence electrons. The number of aryl methyl sites for hydroxylation is 1. The van der Waals surface area contributed by atoms with Gasteiger partial charge in [-0.25, -0.2) is 4.98 Å². The molecule has 0 unspecified atom stereocenters. The van der Waals surface area contributed by atoms with Crippen LogP contribution in [-0.2, 0) is 13.2 Å². The second-order valence-corrected chi connectivity index (χ2v) is 5.06. The zero-order valence-electron chi connectivity index (χ0n) is 12.1. The van der Waals surface area contributed by atoms with Crippen LogP contribution in [0.15, 0.2) is 67.0 Å². The molecule has 3 aromatic rings. The normalized spacial score (nSPS) is 10.5. The lowest BCUT2D eigenvalue weighted by Gasteiger charge is -2.09. The largest absolute Gasteiger partial charge is 0.486 e. The molecule has 0 spiro atoms. The van der Waals surface area contributed by atoms with Gasteiger partial charge in [0, 0.05) is 18.9 Å². The quantitative estimate of drug-likeness (QED) is 0.709. The van der Waals surface area contributed by atoms with Crippen molar-refractivity contribution >= 4 is 0 Å². The Hall–Kier alpha value is -2.55. The summed E-state index contributed by atoms with van der Waals surface area (Å²) < 4.78 is 7.92. The molecule has 0 radical (unpaired) electrons. The fraction of sp³-hybridized carbons (Fsp3) is 0.167. The van der Waals surface area contributed by atoms with Crippen LogP contribution in [0.2, 0.25) is 0 Å². The second kappa shape index (κ2) is 6.27. The average molecular weight is 278 g/mol. The molecule has 0 aliphatic heterocycles. The molecule has 3 nitrogen and oxygen atoms in total. The third-order valence-electron chi connectivity index (χ3n) is 3.39. The van der Waals surface area contributed by atoms with Gasteiger partial charge in [-0.3, -0.25) is 0 Å². The fourth-order valence-electron chi connectivity index (χ4n) is 2.19. The molecule has 0 atom stereocenters.